The van der Waals surface area contributed by atoms with E-state index in [9.17, 15) is 18.0 Å². The summed E-state index contributed by atoms with van der Waals surface area (Å²) < 4.78 is 38.0. The van der Waals surface area contributed by atoms with Gasteiger partial charge in [-0.15, -0.1) is 0 Å². The van der Waals surface area contributed by atoms with Crippen LogP contribution in [0, 0.1) is 6.92 Å². The number of aromatic amines is 2. The van der Waals surface area contributed by atoms with Crippen molar-refractivity contribution in [3.8, 4) is 22.5 Å². The maximum absolute atomic E-state index is 12.7. The van der Waals surface area contributed by atoms with Crippen LogP contribution in [0.5, 0.6) is 0 Å². The minimum Gasteiger partial charge on any atom is -0.351 e. The van der Waals surface area contributed by atoms with Crippen LogP contribution in [-0.4, -0.2) is 55.7 Å². The van der Waals surface area contributed by atoms with Gasteiger partial charge in [-0.1, -0.05) is 24.3 Å². The minimum absolute atomic E-state index is 0.0740. The first-order chi connectivity index (χ1) is 17.7. The van der Waals surface area contributed by atoms with Gasteiger partial charge in [0.2, 0.25) is 0 Å². The molecule has 5 aromatic rings. The monoisotopic (exact) mass is 505 g/mol. The van der Waals surface area contributed by atoms with Crippen LogP contribution in [0.15, 0.2) is 67.1 Å². The molecule has 0 spiro atoms. The highest BCUT2D eigenvalue weighted by molar-refractivity contribution is 5.98. The van der Waals surface area contributed by atoms with Gasteiger partial charge in [0.1, 0.15) is 18.1 Å². The summed E-state index contributed by atoms with van der Waals surface area (Å²) in [4.78, 5) is 25.1. The van der Waals surface area contributed by atoms with E-state index in [0.29, 0.717) is 33.0 Å². The van der Waals surface area contributed by atoms with Crippen molar-refractivity contribution in [3.05, 3.63) is 78.4 Å². The van der Waals surface area contributed by atoms with Crippen LogP contribution in [0.3, 0.4) is 0 Å². The van der Waals surface area contributed by atoms with Crippen LogP contribution in [0.1, 0.15) is 16.1 Å². The molecule has 0 fully saturated rings. The number of carbonyl (C=O) groups is 1. The van der Waals surface area contributed by atoms with E-state index >= 15 is 0 Å². The zero-order valence-electron chi connectivity index (χ0n) is 19.9. The molecule has 0 saturated heterocycles. The maximum Gasteiger partial charge on any atom is 0.406 e. The molecule has 0 bridgehead atoms. The number of carbonyl (C=O) groups excluding carboxylic acids is 1. The fourth-order valence-corrected chi connectivity index (χ4v) is 3.93. The Balaban J connectivity index is 1.38. The van der Waals surface area contributed by atoms with Crippen molar-refractivity contribution in [1.29, 1.82) is 0 Å². The molecular weight excluding hydrogens is 483 g/mol. The van der Waals surface area contributed by atoms with Crippen molar-refractivity contribution in [2.75, 3.05) is 18.9 Å². The molecule has 0 aliphatic rings. The molecule has 0 radical (unpaired) electrons. The number of aromatic nitrogens is 5. The fourth-order valence-electron chi connectivity index (χ4n) is 3.93. The molecule has 0 aliphatic carbocycles. The van der Waals surface area contributed by atoms with Crippen LogP contribution < -0.4 is 5.32 Å². The molecule has 2 aromatic carbocycles. The van der Waals surface area contributed by atoms with E-state index in [-0.39, 0.29) is 5.69 Å². The lowest BCUT2D eigenvalue weighted by molar-refractivity contribution is -0.138. The zero-order valence-corrected chi connectivity index (χ0v) is 19.9. The van der Waals surface area contributed by atoms with E-state index in [4.69, 9.17) is 0 Å². The van der Waals surface area contributed by atoms with Crippen molar-refractivity contribution in [2.45, 2.75) is 13.1 Å². The second-order valence-corrected chi connectivity index (χ2v) is 8.68. The number of benzene rings is 2. The number of nitrogens with one attached hydrogen (secondary N) is 3. The average molecular weight is 506 g/mol. The number of anilines is 2. The first-order valence-electron chi connectivity index (χ1n) is 11.3. The Bertz CT molecular complexity index is 1560. The molecule has 1 amide bonds. The fraction of sp³-hybridized carbons (Fsp3) is 0.154. The summed E-state index contributed by atoms with van der Waals surface area (Å²) in [5.74, 6) is 0.353. The van der Waals surface area contributed by atoms with Crippen LogP contribution >= 0.6 is 0 Å². The number of nitrogens with zero attached hydrogens (tertiary/aromatic N) is 4. The Morgan fingerprint density at radius 1 is 1.03 bits per heavy atom. The average Bonchev–Trinajstić information content (AvgIpc) is 3.54. The highest BCUT2D eigenvalue weighted by atomic mass is 19.4. The van der Waals surface area contributed by atoms with E-state index in [1.54, 1.807) is 30.6 Å². The van der Waals surface area contributed by atoms with Gasteiger partial charge >= 0.3 is 6.18 Å². The van der Waals surface area contributed by atoms with Gasteiger partial charge in [-0.2, -0.15) is 18.3 Å². The largest absolute Gasteiger partial charge is 0.406 e. The van der Waals surface area contributed by atoms with Crippen molar-refractivity contribution in [1.82, 2.24) is 30.0 Å². The Hall–Kier alpha value is -4.67. The summed E-state index contributed by atoms with van der Waals surface area (Å²) in [6.45, 7) is 0.570. The van der Waals surface area contributed by atoms with Gasteiger partial charge in [0.05, 0.1) is 6.20 Å². The van der Waals surface area contributed by atoms with Gasteiger partial charge in [0.25, 0.3) is 5.91 Å². The lowest BCUT2D eigenvalue weighted by Gasteiger charge is -2.17. The third-order valence-corrected chi connectivity index (χ3v) is 5.83. The molecule has 37 heavy (non-hydrogen) atoms. The summed E-state index contributed by atoms with van der Waals surface area (Å²) >= 11 is 0. The van der Waals surface area contributed by atoms with Gasteiger partial charge in [0, 0.05) is 52.7 Å². The molecule has 3 aromatic heterocycles. The van der Waals surface area contributed by atoms with Gasteiger partial charge in [-0.05, 0) is 36.8 Å². The van der Waals surface area contributed by atoms with Crippen LogP contribution in [-0.2, 0) is 0 Å². The van der Waals surface area contributed by atoms with E-state index in [0.717, 1.165) is 29.4 Å². The van der Waals surface area contributed by atoms with Crippen LogP contribution in [0.4, 0.5) is 24.7 Å². The standard InChI is InChI=1S/C26H22F3N7O/c1-15-11-30-24(35-23(15)33-20-7-5-16(6-8-20)19-12-31-32-13-19)18-4-3-17-9-22(34-21(17)10-18)25(37)36(2)14-26(27,28)29/h3-13,34H,14H2,1-2H3,(H,31,32)(H,30,33,35). The molecule has 0 aliphatic heterocycles. The number of aryl methyl sites for hydroxylation is 1. The van der Waals surface area contributed by atoms with E-state index < -0.39 is 18.6 Å². The highest BCUT2D eigenvalue weighted by Crippen LogP contribution is 2.27. The molecule has 0 atom stereocenters. The molecule has 3 N–H and O–H groups in total. The number of hydrogen-bond acceptors (Lipinski definition) is 5. The smallest absolute Gasteiger partial charge is 0.351 e. The summed E-state index contributed by atoms with van der Waals surface area (Å²) in [6.07, 6.45) is 0.818. The quantitative estimate of drug-likeness (QED) is 0.275. The van der Waals surface area contributed by atoms with Gasteiger partial charge < -0.3 is 15.2 Å². The Morgan fingerprint density at radius 2 is 1.78 bits per heavy atom. The number of hydrogen-bond donors (Lipinski definition) is 3. The first-order valence-corrected chi connectivity index (χ1v) is 11.3. The van der Waals surface area contributed by atoms with Crippen LogP contribution in [0.25, 0.3) is 33.4 Å². The number of alkyl halides is 3. The molecular formula is C26H22F3N7O. The number of fused-ring (bicyclic) bond motifs is 1. The molecule has 188 valence electrons. The molecule has 0 unspecified atom stereocenters. The third kappa shape index (κ3) is 5.30. The van der Waals surface area contributed by atoms with Crippen molar-refractivity contribution in [3.63, 3.8) is 0 Å². The number of amides is 1. The molecule has 8 nitrogen and oxygen atoms in total. The Labute approximate surface area is 209 Å². The van der Waals surface area contributed by atoms with E-state index in [1.165, 1.54) is 6.07 Å². The number of rotatable bonds is 6. The first kappa shape index (κ1) is 24.0. The lowest BCUT2D eigenvalue weighted by atomic mass is 10.1. The Morgan fingerprint density at radius 3 is 2.49 bits per heavy atom. The van der Waals surface area contributed by atoms with Crippen molar-refractivity contribution >= 4 is 28.3 Å². The predicted octanol–water partition coefficient (Wildman–Crippen LogP) is 5.70. The molecule has 3 heterocycles. The molecule has 0 saturated carbocycles. The summed E-state index contributed by atoms with van der Waals surface area (Å²) in [5, 5.41) is 10.8. The van der Waals surface area contributed by atoms with E-state index in [1.807, 2.05) is 37.4 Å². The number of halogens is 3. The second-order valence-electron chi connectivity index (χ2n) is 8.68. The van der Waals surface area contributed by atoms with E-state index in [2.05, 4.69) is 30.5 Å². The lowest BCUT2D eigenvalue weighted by Crippen LogP contribution is -2.35. The SMILES string of the molecule is Cc1cnc(-c2ccc3cc(C(=O)N(C)CC(F)(F)F)[nH]c3c2)nc1Nc1ccc(-c2cn[nH]c2)cc1. The maximum atomic E-state index is 12.7. The van der Waals surface area contributed by atoms with Crippen molar-refractivity contribution < 1.29 is 18.0 Å². The van der Waals surface area contributed by atoms with Gasteiger partial charge in [0.15, 0.2) is 5.82 Å². The molecule has 5 rings (SSSR count). The van der Waals surface area contributed by atoms with Gasteiger partial charge in [-0.3, -0.25) is 9.89 Å². The predicted molar refractivity (Wildman–Crippen MR) is 134 cm³/mol. The highest BCUT2D eigenvalue weighted by Gasteiger charge is 2.32. The summed E-state index contributed by atoms with van der Waals surface area (Å²) in [6, 6.07) is 14.7. The normalized spacial score (nSPS) is 11.6. The van der Waals surface area contributed by atoms with Gasteiger partial charge in [-0.25, -0.2) is 9.97 Å². The molecule has 11 heteroatoms. The summed E-state index contributed by atoms with van der Waals surface area (Å²) in [5.41, 5.74) is 5.08. The van der Waals surface area contributed by atoms with Crippen molar-refractivity contribution in [2.24, 2.45) is 0 Å². The zero-order chi connectivity index (χ0) is 26.2. The van der Waals surface area contributed by atoms with Crippen LogP contribution in [0.2, 0.25) is 0 Å². The second kappa shape index (κ2) is 9.41. The summed E-state index contributed by atoms with van der Waals surface area (Å²) in [7, 11) is 1.12. The topological polar surface area (TPSA) is 103 Å². The minimum atomic E-state index is -4.47. The number of H-pyrrole nitrogens is 2. The third-order valence-electron chi connectivity index (χ3n) is 5.83. The Kier molecular flexibility index (Phi) is 6.12.